The summed E-state index contributed by atoms with van der Waals surface area (Å²) in [6.07, 6.45) is 1.63. The van der Waals surface area contributed by atoms with Crippen LogP contribution in [-0.4, -0.2) is 17.4 Å². The maximum Gasteiger partial charge on any atom is 0.252 e. The summed E-state index contributed by atoms with van der Waals surface area (Å²) in [4.78, 5) is 16.3. The normalized spacial score (nSPS) is 10.6. The van der Waals surface area contributed by atoms with Crippen molar-refractivity contribution in [3.63, 3.8) is 0 Å². The van der Waals surface area contributed by atoms with Crippen LogP contribution in [0.5, 0.6) is 0 Å². The molecule has 3 heteroatoms. The molecule has 1 heterocycles. The van der Waals surface area contributed by atoms with E-state index in [2.05, 4.69) is 43.2 Å². The van der Waals surface area contributed by atoms with Crippen LogP contribution in [0.2, 0.25) is 0 Å². The minimum Gasteiger partial charge on any atom is -0.352 e. The second-order valence-corrected chi connectivity index (χ2v) is 5.40. The molecule has 1 aromatic heterocycles. The van der Waals surface area contributed by atoms with Gasteiger partial charge in [-0.1, -0.05) is 43.7 Å². The number of hydrogen-bond acceptors (Lipinski definition) is 2. The number of hydrogen-bond donors (Lipinski definition) is 1. The van der Waals surface area contributed by atoms with Gasteiger partial charge in [0.15, 0.2) is 0 Å². The lowest BCUT2D eigenvalue weighted by Gasteiger charge is -2.08. The third-order valence-corrected chi connectivity index (χ3v) is 3.04. The molecule has 0 atom stereocenters. The summed E-state index contributed by atoms with van der Waals surface area (Å²) in [5, 5.41) is 2.89. The van der Waals surface area contributed by atoms with Gasteiger partial charge in [0.1, 0.15) is 0 Å². The van der Waals surface area contributed by atoms with Crippen molar-refractivity contribution in [2.45, 2.75) is 20.8 Å². The highest BCUT2D eigenvalue weighted by Crippen LogP contribution is 2.17. The van der Waals surface area contributed by atoms with Gasteiger partial charge in [-0.25, -0.2) is 0 Å². The van der Waals surface area contributed by atoms with Crippen LogP contribution < -0.4 is 5.32 Å². The molecule has 0 aliphatic rings. The predicted octanol–water partition coefficient (Wildman–Crippen LogP) is 3.44. The minimum absolute atomic E-state index is 0.0679. The highest BCUT2D eigenvalue weighted by atomic mass is 16.1. The van der Waals surface area contributed by atoms with E-state index in [0.29, 0.717) is 18.0 Å². The molecule has 0 aliphatic heterocycles. The second kappa shape index (κ2) is 6.33. The van der Waals surface area contributed by atoms with E-state index in [-0.39, 0.29) is 5.91 Å². The first-order valence-corrected chi connectivity index (χ1v) is 6.87. The zero-order valence-electron chi connectivity index (χ0n) is 12.2. The molecule has 0 radical (unpaired) electrons. The molecule has 0 aliphatic carbocycles. The van der Waals surface area contributed by atoms with Crippen LogP contribution in [0.25, 0.3) is 11.3 Å². The summed E-state index contributed by atoms with van der Waals surface area (Å²) >= 11 is 0. The van der Waals surface area contributed by atoms with Crippen LogP contribution in [0.4, 0.5) is 0 Å². The third-order valence-electron chi connectivity index (χ3n) is 3.04. The van der Waals surface area contributed by atoms with Gasteiger partial charge in [-0.2, -0.15) is 0 Å². The van der Waals surface area contributed by atoms with Gasteiger partial charge in [0.25, 0.3) is 5.91 Å². The molecule has 104 valence electrons. The highest BCUT2D eigenvalue weighted by molar-refractivity contribution is 5.94. The van der Waals surface area contributed by atoms with Gasteiger partial charge in [0.2, 0.25) is 0 Å². The summed E-state index contributed by atoms with van der Waals surface area (Å²) in [6.45, 7) is 6.87. The maximum atomic E-state index is 11.9. The summed E-state index contributed by atoms with van der Waals surface area (Å²) in [5.41, 5.74) is 3.76. The standard InChI is InChI=1S/C17H20N2O/c1-12(2)10-19-17(20)15-8-9-16(18-11-15)14-6-4-13(3)5-7-14/h4-9,11-12H,10H2,1-3H3,(H,19,20). The van der Waals surface area contributed by atoms with Crippen LogP contribution >= 0.6 is 0 Å². The quantitative estimate of drug-likeness (QED) is 0.923. The number of nitrogens with one attached hydrogen (secondary N) is 1. The van der Waals surface area contributed by atoms with E-state index in [0.717, 1.165) is 11.3 Å². The van der Waals surface area contributed by atoms with E-state index in [9.17, 15) is 4.79 Å². The molecular weight excluding hydrogens is 248 g/mol. The molecule has 3 nitrogen and oxygen atoms in total. The Bertz CT molecular complexity index is 571. The monoisotopic (exact) mass is 268 g/mol. The van der Waals surface area contributed by atoms with Gasteiger partial charge >= 0.3 is 0 Å². The predicted molar refractivity (Wildman–Crippen MR) is 81.6 cm³/mol. The molecular formula is C17H20N2O. The Balaban J connectivity index is 2.10. The first kappa shape index (κ1) is 14.3. The van der Waals surface area contributed by atoms with E-state index >= 15 is 0 Å². The van der Waals surface area contributed by atoms with Crippen LogP contribution in [0.3, 0.4) is 0 Å². The second-order valence-electron chi connectivity index (χ2n) is 5.40. The van der Waals surface area contributed by atoms with Crippen molar-refractivity contribution in [2.75, 3.05) is 6.54 Å². The molecule has 1 amide bonds. The van der Waals surface area contributed by atoms with Gasteiger partial charge in [0, 0.05) is 18.3 Å². The van der Waals surface area contributed by atoms with Crippen molar-refractivity contribution in [1.82, 2.24) is 10.3 Å². The SMILES string of the molecule is Cc1ccc(-c2ccc(C(=O)NCC(C)C)cn2)cc1. The molecule has 0 saturated heterocycles. The fourth-order valence-corrected chi connectivity index (χ4v) is 1.82. The molecule has 20 heavy (non-hydrogen) atoms. The highest BCUT2D eigenvalue weighted by Gasteiger charge is 2.07. The molecule has 0 spiro atoms. The molecule has 1 N–H and O–H groups in total. The zero-order valence-corrected chi connectivity index (χ0v) is 12.2. The molecule has 2 aromatic rings. The zero-order chi connectivity index (χ0) is 14.5. The molecule has 0 fully saturated rings. The summed E-state index contributed by atoms with van der Waals surface area (Å²) in [7, 11) is 0. The Labute approximate surface area is 120 Å². The van der Waals surface area contributed by atoms with Gasteiger partial charge in [-0.15, -0.1) is 0 Å². The van der Waals surface area contributed by atoms with Crippen LogP contribution in [0.1, 0.15) is 29.8 Å². The van der Waals surface area contributed by atoms with E-state index in [1.54, 1.807) is 6.20 Å². The van der Waals surface area contributed by atoms with Crippen molar-refractivity contribution in [3.8, 4) is 11.3 Å². The average Bonchev–Trinajstić information content (AvgIpc) is 2.46. The number of carbonyl (C=O) groups is 1. The number of pyridine rings is 1. The fraction of sp³-hybridized carbons (Fsp3) is 0.294. The molecule has 0 bridgehead atoms. The van der Waals surface area contributed by atoms with Crippen molar-refractivity contribution in [2.24, 2.45) is 5.92 Å². The fourth-order valence-electron chi connectivity index (χ4n) is 1.82. The summed E-state index contributed by atoms with van der Waals surface area (Å²) in [6, 6.07) is 11.9. The lowest BCUT2D eigenvalue weighted by atomic mass is 10.1. The van der Waals surface area contributed by atoms with Crippen LogP contribution in [-0.2, 0) is 0 Å². The van der Waals surface area contributed by atoms with Crippen molar-refractivity contribution >= 4 is 5.91 Å². The van der Waals surface area contributed by atoms with E-state index in [1.807, 2.05) is 24.3 Å². The van der Waals surface area contributed by atoms with E-state index < -0.39 is 0 Å². The number of nitrogens with zero attached hydrogens (tertiary/aromatic N) is 1. The molecule has 1 aromatic carbocycles. The topological polar surface area (TPSA) is 42.0 Å². The van der Waals surface area contributed by atoms with Gasteiger partial charge in [-0.05, 0) is 25.0 Å². The maximum absolute atomic E-state index is 11.9. The largest absolute Gasteiger partial charge is 0.352 e. The van der Waals surface area contributed by atoms with Gasteiger partial charge in [0.05, 0.1) is 11.3 Å². The van der Waals surface area contributed by atoms with E-state index in [4.69, 9.17) is 0 Å². The molecule has 2 rings (SSSR count). The number of benzene rings is 1. The Morgan fingerprint density at radius 1 is 1.15 bits per heavy atom. The van der Waals surface area contributed by atoms with Gasteiger partial charge in [-0.3, -0.25) is 9.78 Å². The first-order valence-electron chi connectivity index (χ1n) is 6.87. The van der Waals surface area contributed by atoms with E-state index in [1.165, 1.54) is 5.56 Å². The number of aromatic nitrogens is 1. The Morgan fingerprint density at radius 3 is 2.40 bits per heavy atom. The Kier molecular flexibility index (Phi) is 4.51. The Hall–Kier alpha value is -2.16. The number of carbonyl (C=O) groups excluding carboxylic acids is 1. The average molecular weight is 268 g/mol. The molecule has 0 saturated carbocycles. The lowest BCUT2D eigenvalue weighted by Crippen LogP contribution is -2.27. The summed E-state index contributed by atoms with van der Waals surface area (Å²) in [5.74, 6) is 0.375. The van der Waals surface area contributed by atoms with Crippen molar-refractivity contribution in [3.05, 3.63) is 53.7 Å². The van der Waals surface area contributed by atoms with Gasteiger partial charge < -0.3 is 5.32 Å². The minimum atomic E-state index is -0.0679. The third kappa shape index (κ3) is 3.67. The first-order chi connectivity index (χ1) is 9.56. The smallest absolute Gasteiger partial charge is 0.252 e. The Morgan fingerprint density at radius 2 is 1.85 bits per heavy atom. The van der Waals surface area contributed by atoms with Crippen LogP contribution in [0.15, 0.2) is 42.6 Å². The number of amides is 1. The molecule has 0 unspecified atom stereocenters. The lowest BCUT2D eigenvalue weighted by molar-refractivity contribution is 0.0948. The number of aryl methyl sites for hydroxylation is 1. The van der Waals surface area contributed by atoms with Crippen molar-refractivity contribution < 1.29 is 4.79 Å². The summed E-state index contributed by atoms with van der Waals surface area (Å²) < 4.78 is 0. The van der Waals surface area contributed by atoms with Crippen LogP contribution in [0, 0.1) is 12.8 Å². The number of rotatable bonds is 4. The van der Waals surface area contributed by atoms with Crippen molar-refractivity contribution in [1.29, 1.82) is 0 Å².